The van der Waals surface area contributed by atoms with Crippen molar-refractivity contribution < 1.29 is 4.79 Å². The molecular formula is C18H26N4OS. The van der Waals surface area contributed by atoms with Crippen LogP contribution in [0.1, 0.15) is 45.1 Å². The summed E-state index contributed by atoms with van der Waals surface area (Å²) in [6, 6.07) is 8.19. The molecule has 5 nitrogen and oxygen atoms in total. The third kappa shape index (κ3) is 5.03. The van der Waals surface area contributed by atoms with E-state index in [0.29, 0.717) is 10.6 Å². The predicted molar refractivity (Wildman–Crippen MR) is 99.3 cm³/mol. The third-order valence-corrected chi connectivity index (χ3v) is 4.33. The van der Waals surface area contributed by atoms with Crippen LogP contribution in [-0.4, -0.2) is 26.7 Å². The first-order valence-electron chi connectivity index (χ1n) is 8.53. The van der Waals surface area contributed by atoms with Gasteiger partial charge in [-0.05, 0) is 32.5 Å². The smallest absolute Gasteiger partial charge is 0.240 e. The van der Waals surface area contributed by atoms with Crippen molar-refractivity contribution in [2.45, 2.75) is 59.0 Å². The Bertz CT molecular complexity index is 717. The first-order valence-corrected chi connectivity index (χ1v) is 8.93. The second kappa shape index (κ2) is 8.78. The highest BCUT2D eigenvalue weighted by molar-refractivity contribution is 7.71. The number of hydrogen-bond donors (Lipinski definition) is 2. The van der Waals surface area contributed by atoms with E-state index in [4.69, 9.17) is 12.2 Å². The van der Waals surface area contributed by atoms with Gasteiger partial charge in [-0.25, -0.2) is 0 Å². The SMILES string of the molecule is CCCCCC(C)NC(=O)Cn1c(-c2ccc(C)cc2)n[nH]c1=S. The van der Waals surface area contributed by atoms with E-state index in [2.05, 4.69) is 22.4 Å². The van der Waals surface area contributed by atoms with E-state index in [1.165, 1.54) is 18.4 Å². The van der Waals surface area contributed by atoms with Gasteiger partial charge in [-0.2, -0.15) is 5.10 Å². The molecule has 1 aromatic heterocycles. The zero-order valence-electron chi connectivity index (χ0n) is 14.6. The molecule has 2 N–H and O–H groups in total. The highest BCUT2D eigenvalue weighted by Gasteiger charge is 2.13. The van der Waals surface area contributed by atoms with Crippen LogP contribution in [0.3, 0.4) is 0 Å². The zero-order chi connectivity index (χ0) is 17.5. The summed E-state index contributed by atoms with van der Waals surface area (Å²) in [7, 11) is 0. The summed E-state index contributed by atoms with van der Waals surface area (Å²) < 4.78 is 2.20. The van der Waals surface area contributed by atoms with E-state index in [0.717, 1.165) is 18.4 Å². The topological polar surface area (TPSA) is 62.7 Å². The van der Waals surface area contributed by atoms with Crippen molar-refractivity contribution in [2.75, 3.05) is 0 Å². The van der Waals surface area contributed by atoms with E-state index in [-0.39, 0.29) is 18.5 Å². The highest BCUT2D eigenvalue weighted by atomic mass is 32.1. The molecule has 2 rings (SSSR count). The number of amides is 1. The molecule has 2 aromatic rings. The molecule has 6 heteroatoms. The minimum absolute atomic E-state index is 0.0372. The maximum atomic E-state index is 12.3. The van der Waals surface area contributed by atoms with Crippen molar-refractivity contribution in [1.82, 2.24) is 20.1 Å². The molecule has 0 aliphatic carbocycles. The molecule has 0 radical (unpaired) electrons. The Hall–Kier alpha value is -1.95. The van der Waals surface area contributed by atoms with Crippen LogP contribution in [0.25, 0.3) is 11.4 Å². The van der Waals surface area contributed by atoms with Crippen LogP contribution in [0.5, 0.6) is 0 Å². The van der Waals surface area contributed by atoms with Gasteiger partial charge in [0.25, 0.3) is 0 Å². The quantitative estimate of drug-likeness (QED) is 0.561. The molecule has 1 atom stereocenters. The van der Waals surface area contributed by atoms with Crippen LogP contribution >= 0.6 is 12.2 Å². The largest absolute Gasteiger partial charge is 0.352 e. The number of H-pyrrole nitrogens is 1. The van der Waals surface area contributed by atoms with Gasteiger partial charge in [0.1, 0.15) is 6.54 Å². The number of rotatable bonds is 8. The number of benzene rings is 1. The molecule has 1 aromatic carbocycles. The van der Waals surface area contributed by atoms with E-state index >= 15 is 0 Å². The van der Waals surface area contributed by atoms with Crippen LogP contribution in [0.4, 0.5) is 0 Å². The van der Waals surface area contributed by atoms with Gasteiger partial charge in [-0.15, -0.1) is 0 Å². The average molecular weight is 346 g/mol. The number of nitrogens with one attached hydrogen (secondary N) is 2. The summed E-state index contributed by atoms with van der Waals surface area (Å²) in [5.74, 6) is 0.652. The van der Waals surface area contributed by atoms with Gasteiger partial charge in [0.2, 0.25) is 5.91 Å². The molecule has 0 bridgehead atoms. The van der Waals surface area contributed by atoms with Crippen LogP contribution in [0.2, 0.25) is 0 Å². The number of aromatic nitrogens is 3. The first kappa shape index (κ1) is 18.4. The van der Waals surface area contributed by atoms with Gasteiger partial charge in [-0.1, -0.05) is 56.0 Å². The van der Waals surface area contributed by atoms with Crippen molar-refractivity contribution in [3.63, 3.8) is 0 Å². The van der Waals surface area contributed by atoms with Crippen LogP contribution < -0.4 is 5.32 Å². The molecule has 0 fully saturated rings. The number of carbonyl (C=O) groups is 1. The van der Waals surface area contributed by atoms with Crippen molar-refractivity contribution in [2.24, 2.45) is 0 Å². The predicted octanol–water partition coefficient (Wildman–Crippen LogP) is 4.00. The molecule has 0 saturated carbocycles. The lowest BCUT2D eigenvalue weighted by Gasteiger charge is -2.14. The average Bonchev–Trinajstić information content (AvgIpc) is 2.89. The van der Waals surface area contributed by atoms with E-state index in [1.54, 1.807) is 4.57 Å². The van der Waals surface area contributed by atoms with E-state index in [9.17, 15) is 4.79 Å². The Balaban J connectivity index is 2.04. The van der Waals surface area contributed by atoms with E-state index < -0.39 is 0 Å². The van der Waals surface area contributed by atoms with Crippen molar-refractivity contribution in [3.8, 4) is 11.4 Å². The lowest BCUT2D eigenvalue weighted by molar-refractivity contribution is -0.122. The van der Waals surface area contributed by atoms with Crippen molar-refractivity contribution in [1.29, 1.82) is 0 Å². The summed E-state index contributed by atoms with van der Waals surface area (Å²) >= 11 is 5.28. The summed E-state index contributed by atoms with van der Waals surface area (Å²) in [5, 5.41) is 10.1. The molecule has 24 heavy (non-hydrogen) atoms. The summed E-state index contributed by atoms with van der Waals surface area (Å²) in [6.45, 7) is 6.44. The van der Waals surface area contributed by atoms with Crippen molar-refractivity contribution >= 4 is 18.1 Å². The van der Waals surface area contributed by atoms with Crippen molar-refractivity contribution in [3.05, 3.63) is 34.6 Å². The van der Waals surface area contributed by atoms with Crippen LogP contribution in [0, 0.1) is 11.7 Å². The maximum Gasteiger partial charge on any atom is 0.240 e. The molecular weight excluding hydrogens is 320 g/mol. The molecule has 1 heterocycles. The molecule has 0 aliphatic rings. The summed E-state index contributed by atoms with van der Waals surface area (Å²) in [4.78, 5) is 12.3. The van der Waals surface area contributed by atoms with Crippen LogP contribution in [-0.2, 0) is 11.3 Å². The Morgan fingerprint density at radius 3 is 2.71 bits per heavy atom. The Morgan fingerprint density at radius 1 is 1.33 bits per heavy atom. The number of aromatic amines is 1. The number of nitrogens with zero attached hydrogens (tertiary/aromatic N) is 2. The lowest BCUT2D eigenvalue weighted by atomic mass is 10.1. The van der Waals surface area contributed by atoms with E-state index in [1.807, 2.05) is 38.1 Å². The van der Waals surface area contributed by atoms with Gasteiger partial charge >= 0.3 is 0 Å². The normalized spacial score (nSPS) is 12.1. The third-order valence-electron chi connectivity index (χ3n) is 4.02. The highest BCUT2D eigenvalue weighted by Crippen LogP contribution is 2.17. The summed E-state index contributed by atoms with van der Waals surface area (Å²) in [6.07, 6.45) is 4.52. The lowest BCUT2D eigenvalue weighted by Crippen LogP contribution is -2.35. The Kier molecular flexibility index (Phi) is 6.73. The molecule has 0 saturated heterocycles. The molecule has 0 aliphatic heterocycles. The zero-order valence-corrected chi connectivity index (χ0v) is 15.4. The maximum absolute atomic E-state index is 12.3. The van der Waals surface area contributed by atoms with Gasteiger partial charge < -0.3 is 5.32 Å². The standard InChI is InChI=1S/C18H26N4OS/c1-4-5-6-7-14(3)19-16(23)12-22-17(20-21-18(22)24)15-10-8-13(2)9-11-15/h8-11,14H,4-7,12H2,1-3H3,(H,19,23)(H,21,24). The number of aryl methyl sites for hydroxylation is 1. The van der Waals surface area contributed by atoms with Gasteiger partial charge in [0, 0.05) is 11.6 Å². The Labute approximate surface area is 148 Å². The first-order chi connectivity index (χ1) is 11.5. The second-order valence-corrected chi connectivity index (χ2v) is 6.66. The number of unbranched alkanes of at least 4 members (excludes halogenated alkanes) is 2. The molecule has 0 spiro atoms. The molecule has 1 unspecified atom stereocenters. The fourth-order valence-electron chi connectivity index (χ4n) is 2.62. The Morgan fingerprint density at radius 2 is 2.04 bits per heavy atom. The van der Waals surface area contributed by atoms with Gasteiger partial charge in [0.05, 0.1) is 0 Å². The fraction of sp³-hybridized carbons (Fsp3) is 0.500. The van der Waals surface area contributed by atoms with Crippen LogP contribution in [0.15, 0.2) is 24.3 Å². The number of hydrogen-bond acceptors (Lipinski definition) is 3. The molecule has 130 valence electrons. The molecule has 1 amide bonds. The fourth-order valence-corrected chi connectivity index (χ4v) is 2.82. The van der Waals surface area contributed by atoms with Gasteiger partial charge in [0.15, 0.2) is 10.6 Å². The minimum atomic E-state index is -0.0372. The second-order valence-electron chi connectivity index (χ2n) is 6.27. The minimum Gasteiger partial charge on any atom is -0.352 e. The van der Waals surface area contributed by atoms with Gasteiger partial charge in [-0.3, -0.25) is 14.5 Å². The monoisotopic (exact) mass is 346 g/mol. The number of carbonyl (C=O) groups excluding carboxylic acids is 1. The summed E-state index contributed by atoms with van der Waals surface area (Å²) in [5.41, 5.74) is 2.12.